The Hall–Kier alpha value is -5.12. The highest BCUT2D eigenvalue weighted by Crippen LogP contribution is 2.42. The Morgan fingerprint density at radius 3 is 1.16 bits per heavy atom. The first kappa shape index (κ1) is 39.6. The molecular formula is C52H58O3. The largest absolute Gasteiger partial charge is 0.457 e. The third kappa shape index (κ3) is 9.40. The molecule has 3 heteroatoms. The molecule has 0 amide bonds. The second-order valence-electron chi connectivity index (χ2n) is 15.8. The van der Waals surface area contributed by atoms with E-state index in [0.29, 0.717) is 0 Å². The van der Waals surface area contributed by atoms with E-state index in [9.17, 15) is 0 Å². The van der Waals surface area contributed by atoms with Gasteiger partial charge in [-0.3, -0.25) is 0 Å². The van der Waals surface area contributed by atoms with Crippen molar-refractivity contribution in [1.82, 2.24) is 0 Å². The summed E-state index contributed by atoms with van der Waals surface area (Å²) in [5, 5.41) is 0. The molecule has 55 heavy (non-hydrogen) atoms. The van der Waals surface area contributed by atoms with Crippen molar-refractivity contribution in [2.45, 2.75) is 104 Å². The van der Waals surface area contributed by atoms with Gasteiger partial charge in [-0.2, -0.15) is 0 Å². The lowest BCUT2D eigenvalue weighted by Crippen LogP contribution is -2.48. The first-order valence-electron chi connectivity index (χ1n) is 20.0. The predicted octanol–water partition coefficient (Wildman–Crippen LogP) is 13.8. The summed E-state index contributed by atoms with van der Waals surface area (Å²) in [7, 11) is 0. The van der Waals surface area contributed by atoms with Gasteiger partial charge in [-0.15, -0.1) is 0 Å². The van der Waals surface area contributed by atoms with Gasteiger partial charge in [-0.05, 0) is 146 Å². The molecule has 0 radical (unpaired) electrons. The summed E-state index contributed by atoms with van der Waals surface area (Å²) in [6.07, 6.45) is 2.98. The van der Waals surface area contributed by atoms with Crippen molar-refractivity contribution in [3.05, 3.63) is 190 Å². The van der Waals surface area contributed by atoms with E-state index in [2.05, 4.69) is 128 Å². The maximum atomic E-state index is 7.85. The Morgan fingerprint density at radius 1 is 0.418 bits per heavy atom. The molecule has 3 nitrogen and oxygen atoms in total. The molecule has 0 aromatic heterocycles. The summed E-state index contributed by atoms with van der Waals surface area (Å²) in [4.78, 5) is 0. The number of aryl methyl sites for hydroxylation is 4. The monoisotopic (exact) mass is 730 g/mol. The van der Waals surface area contributed by atoms with Crippen LogP contribution in [0.25, 0.3) is 0 Å². The van der Waals surface area contributed by atoms with Gasteiger partial charge in [0.15, 0.2) is 0 Å². The Labute approximate surface area is 330 Å². The molecule has 0 aliphatic heterocycles. The van der Waals surface area contributed by atoms with E-state index < -0.39 is 0 Å². The Balaban J connectivity index is 1.44. The molecule has 0 saturated carbocycles. The van der Waals surface area contributed by atoms with E-state index in [0.717, 1.165) is 48.7 Å². The van der Waals surface area contributed by atoms with Crippen LogP contribution < -0.4 is 9.47 Å². The predicted molar refractivity (Wildman–Crippen MR) is 229 cm³/mol. The SMILES string of the molecule is CCC(C)(c1ccc(C)c(C)c1)C(Cc1cccc(Oc2ccccc2)c1)OC(Cc1cccc(Oc2ccccc2)c1)C(C)(CC)c1ccc(C)c(C)c1. The summed E-state index contributed by atoms with van der Waals surface area (Å²) in [5.41, 5.74) is 9.60. The molecule has 0 saturated heterocycles. The molecule has 284 valence electrons. The summed E-state index contributed by atoms with van der Waals surface area (Å²) in [5.74, 6) is 3.30. The van der Waals surface area contributed by atoms with Crippen molar-refractivity contribution in [3.8, 4) is 23.0 Å². The van der Waals surface area contributed by atoms with Gasteiger partial charge in [-0.1, -0.05) is 125 Å². The molecule has 4 unspecified atom stereocenters. The molecule has 6 aromatic rings. The second kappa shape index (κ2) is 17.6. The van der Waals surface area contributed by atoms with Crippen LogP contribution in [0.4, 0.5) is 0 Å². The zero-order chi connectivity index (χ0) is 39.0. The molecule has 0 aliphatic rings. The van der Waals surface area contributed by atoms with Crippen LogP contribution in [0.5, 0.6) is 23.0 Å². The smallest absolute Gasteiger partial charge is 0.127 e. The average molecular weight is 731 g/mol. The van der Waals surface area contributed by atoms with Crippen molar-refractivity contribution < 1.29 is 14.2 Å². The Kier molecular flexibility index (Phi) is 12.6. The van der Waals surface area contributed by atoms with Gasteiger partial charge in [0.05, 0.1) is 12.2 Å². The maximum absolute atomic E-state index is 7.85. The van der Waals surface area contributed by atoms with E-state index in [4.69, 9.17) is 14.2 Å². The standard InChI is InChI=1S/C52H58O3/c1-9-51(7,43-29-27-37(3)39(5)31-43)49(35-41-19-17-25-47(33-41)53-45-21-13-11-14-22-45)55-50(52(8,10-2)44-30-28-38(4)40(6)32-44)36-42-20-18-26-48(34-42)54-46-23-15-12-16-24-46/h11-34,49-50H,9-10,35-36H2,1-8H3. The van der Waals surface area contributed by atoms with Crippen LogP contribution in [-0.4, -0.2) is 12.2 Å². The number of rotatable bonds is 16. The van der Waals surface area contributed by atoms with Crippen molar-refractivity contribution >= 4 is 0 Å². The van der Waals surface area contributed by atoms with Crippen LogP contribution >= 0.6 is 0 Å². The van der Waals surface area contributed by atoms with Crippen LogP contribution in [-0.2, 0) is 28.4 Å². The summed E-state index contributed by atoms with van der Waals surface area (Å²) in [6, 6.07) is 51.0. The fraction of sp³-hybridized carbons (Fsp3) is 0.308. The molecule has 0 fully saturated rings. The topological polar surface area (TPSA) is 27.7 Å². The van der Waals surface area contributed by atoms with Gasteiger partial charge >= 0.3 is 0 Å². The van der Waals surface area contributed by atoms with Crippen LogP contribution in [0, 0.1) is 27.7 Å². The van der Waals surface area contributed by atoms with Crippen molar-refractivity contribution in [2.24, 2.45) is 0 Å². The molecule has 6 rings (SSSR count). The Morgan fingerprint density at radius 2 is 0.800 bits per heavy atom. The highest BCUT2D eigenvalue weighted by Gasteiger charge is 2.42. The molecule has 0 bridgehead atoms. The average Bonchev–Trinajstić information content (AvgIpc) is 3.20. The second-order valence-corrected chi connectivity index (χ2v) is 15.8. The van der Waals surface area contributed by atoms with Gasteiger partial charge in [0, 0.05) is 10.8 Å². The van der Waals surface area contributed by atoms with Gasteiger partial charge in [0.2, 0.25) is 0 Å². The van der Waals surface area contributed by atoms with Gasteiger partial charge < -0.3 is 14.2 Å². The minimum Gasteiger partial charge on any atom is -0.457 e. The quantitative estimate of drug-likeness (QED) is 0.0992. The summed E-state index contributed by atoms with van der Waals surface area (Å²) >= 11 is 0. The van der Waals surface area contributed by atoms with Crippen LogP contribution in [0.2, 0.25) is 0 Å². The fourth-order valence-corrected chi connectivity index (χ4v) is 7.62. The summed E-state index contributed by atoms with van der Waals surface area (Å²) in [6.45, 7) is 18.2. The number of benzene rings is 6. The normalized spacial score (nSPS) is 14.7. The van der Waals surface area contributed by atoms with Crippen LogP contribution in [0.15, 0.2) is 146 Å². The zero-order valence-electron chi connectivity index (χ0n) is 34.1. The van der Waals surface area contributed by atoms with Gasteiger partial charge in [-0.25, -0.2) is 0 Å². The summed E-state index contributed by atoms with van der Waals surface area (Å²) < 4.78 is 20.5. The van der Waals surface area contributed by atoms with Gasteiger partial charge in [0.25, 0.3) is 0 Å². The zero-order valence-corrected chi connectivity index (χ0v) is 34.1. The third-order valence-electron chi connectivity index (χ3n) is 12.1. The minimum atomic E-state index is -0.289. The molecular weight excluding hydrogens is 673 g/mol. The molecule has 4 atom stereocenters. The van der Waals surface area contributed by atoms with Crippen LogP contribution in [0.3, 0.4) is 0 Å². The Bertz CT molecular complexity index is 2000. The highest BCUT2D eigenvalue weighted by molar-refractivity contribution is 5.40. The maximum Gasteiger partial charge on any atom is 0.127 e. The lowest BCUT2D eigenvalue weighted by atomic mass is 9.70. The minimum absolute atomic E-state index is 0.155. The lowest BCUT2D eigenvalue weighted by Gasteiger charge is -2.45. The molecule has 6 aromatic carbocycles. The molecule has 0 N–H and O–H groups in total. The molecule has 0 spiro atoms. The number of ether oxygens (including phenoxy) is 3. The first-order chi connectivity index (χ1) is 26.5. The number of hydrogen-bond acceptors (Lipinski definition) is 3. The number of hydrogen-bond donors (Lipinski definition) is 0. The van der Waals surface area contributed by atoms with E-state index in [-0.39, 0.29) is 23.0 Å². The fourth-order valence-electron chi connectivity index (χ4n) is 7.62. The lowest BCUT2D eigenvalue weighted by molar-refractivity contribution is -0.0840. The van der Waals surface area contributed by atoms with E-state index in [1.165, 1.54) is 44.5 Å². The van der Waals surface area contributed by atoms with E-state index in [1.54, 1.807) is 0 Å². The first-order valence-corrected chi connectivity index (χ1v) is 20.0. The van der Waals surface area contributed by atoms with E-state index >= 15 is 0 Å². The van der Waals surface area contributed by atoms with Crippen molar-refractivity contribution in [1.29, 1.82) is 0 Å². The third-order valence-corrected chi connectivity index (χ3v) is 12.1. The van der Waals surface area contributed by atoms with Crippen LogP contribution in [0.1, 0.15) is 85.0 Å². The van der Waals surface area contributed by atoms with Gasteiger partial charge in [0.1, 0.15) is 23.0 Å². The molecule has 0 heterocycles. The van der Waals surface area contributed by atoms with E-state index in [1.807, 2.05) is 72.8 Å². The number of para-hydroxylation sites is 2. The van der Waals surface area contributed by atoms with Crippen molar-refractivity contribution in [3.63, 3.8) is 0 Å². The molecule has 0 aliphatic carbocycles. The highest BCUT2D eigenvalue weighted by atomic mass is 16.5. The van der Waals surface area contributed by atoms with Crippen molar-refractivity contribution in [2.75, 3.05) is 0 Å².